The number of halogens is 1. The van der Waals surface area contributed by atoms with Gasteiger partial charge in [0.25, 0.3) is 0 Å². The second-order valence-electron chi connectivity index (χ2n) is 3.32. The Morgan fingerprint density at radius 2 is 2.21 bits per heavy atom. The van der Waals surface area contributed by atoms with E-state index in [1.807, 2.05) is 0 Å². The van der Waals surface area contributed by atoms with Crippen LogP contribution >= 0.6 is 27.3 Å². The summed E-state index contributed by atoms with van der Waals surface area (Å²) in [5, 5.41) is 2.10. The van der Waals surface area contributed by atoms with E-state index in [-0.39, 0.29) is 0 Å². The molecule has 0 saturated carbocycles. The topological polar surface area (TPSA) is 20.3 Å². The number of nitrogens with zero attached hydrogens (tertiary/aromatic N) is 1. The third kappa shape index (κ3) is 2.66. The minimum atomic E-state index is -0.565. The molecule has 0 radical (unpaired) electrons. The van der Waals surface area contributed by atoms with Crippen LogP contribution in [0, 0.1) is 0 Å². The smallest absolute Gasteiger partial charge is 0.0363 e. The van der Waals surface area contributed by atoms with E-state index < -0.39 is 10.8 Å². The number of thiophene rings is 1. The molecule has 1 saturated heterocycles. The van der Waals surface area contributed by atoms with Crippen LogP contribution in [-0.2, 0) is 17.3 Å². The molecule has 0 bridgehead atoms. The summed E-state index contributed by atoms with van der Waals surface area (Å²) in [6.07, 6.45) is 0. The highest BCUT2D eigenvalue weighted by Gasteiger charge is 2.16. The highest BCUT2D eigenvalue weighted by molar-refractivity contribution is 9.10. The van der Waals surface area contributed by atoms with Crippen molar-refractivity contribution in [2.24, 2.45) is 0 Å². The maximum absolute atomic E-state index is 11.2. The third-order valence-electron chi connectivity index (χ3n) is 2.33. The van der Waals surface area contributed by atoms with Gasteiger partial charge in [-0.15, -0.1) is 11.3 Å². The van der Waals surface area contributed by atoms with E-state index in [4.69, 9.17) is 0 Å². The number of hydrogen-bond acceptors (Lipinski definition) is 3. The molecule has 0 unspecified atom stereocenters. The van der Waals surface area contributed by atoms with E-state index in [1.165, 1.54) is 9.35 Å². The van der Waals surface area contributed by atoms with Crippen LogP contribution in [0.2, 0.25) is 0 Å². The minimum Gasteiger partial charge on any atom is -0.296 e. The SMILES string of the molecule is O=S1CCN(Cc2sccc2Br)CC1. The van der Waals surface area contributed by atoms with Gasteiger partial charge < -0.3 is 0 Å². The van der Waals surface area contributed by atoms with Crippen molar-refractivity contribution < 1.29 is 4.21 Å². The van der Waals surface area contributed by atoms with Crippen LogP contribution in [0.25, 0.3) is 0 Å². The molecular formula is C9H12BrNOS2. The lowest BCUT2D eigenvalue weighted by molar-refractivity contribution is 0.293. The van der Waals surface area contributed by atoms with Crippen LogP contribution in [0.3, 0.4) is 0 Å². The van der Waals surface area contributed by atoms with Gasteiger partial charge in [0, 0.05) is 51.3 Å². The zero-order valence-corrected chi connectivity index (χ0v) is 11.0. The van der Waals surface area contributed by atoms with Crippen molar-refractivity contribution in [3.05, 3.63) is 20.8 Å². The molecule has 78 valence electrons. The second-order valence-corrected chi connectivity index (χ2v) is 6.87. The Morgan fingerprint density at radius 3 is 2.79 bits per heavy atom. The lowest BCUT2D eigenvalue weighted by Gasteiger charge is -2.25. The Bertz CT molecular complexity index is 329. The van der Waals surface area contributed by atoms with Gasteiger partial charge >= 0.3 is 0 Å². The van der Waals surface area contributed by atoms with Gasteiger partial charge in [0.2, 0.25) is 0 Å². The van der Waals surface area contributed by atoms with Crippen LogP contribution in [0.5, 0.6) is 0 Å². The van der Waals surface area contributed by atoms with Crippen molar-refractivity contribution in [3.63, 3.8) is 0 Å². The fraction of sp³-hybridized carbons (Fsp3) is 0.556. The predicted molar refractivity (Wildman–Crippen MR) is 65.2 cm³/mol. The van der Waals surface area contributed by atoms with Crippen LogP contribution in [0.15, 0.2) is 15.9 Å². The average molecular weight is 294 g/mol. The lowest BCUT2D eigenvalue weighted by atomic mass is 10.4. The normalized spacial score (nSPS) is 20.1. The summed E-state index contributed by atoms with van der Waals surface area (Å²) >= 11 is 5.31. The standard InChI is InChI=1S/C9H12BrNOS2/c10-8-1-4-13-9(8)7-11-2-5-14(12)6-3-11/h1,4H,2-3,5-7H2. The van der Waals surface area contributed by atoms with Gasteiger partial charge in [0.1, 0.15) is 0 Å². The molecule has 2 rings (SSSR count). The molecular weight excluding hydrogens is 282 g/mol. The minimum absolute atomic E-state index is 0.565. The third-order valence-corrected chi connectivity index (χ3v) is 5.52. The largest absolute Gasteiger partial charge is 0.296 e. The Morgan fingerprint density at radius 1 is 1.50 bits per heavy atom. The Kier molecular flexibility index (Phi) is 3.76. The summed E-state index contributed by atoms with van der Waals surface area (Å²) in [4.78, 5) is 3.75. The molecule has 1 aromatic rings. The van der Waals surface area contributed by atoms with Gasteiger partial charge in [-0.25, -0.2) is 0 Å². The van der Waals surface area contributed by atoms with Crippen LogP contribution in [0.1, 0.15) is 4.88 Å². The summed E-state index contributed by atoms with van der Waals surface area (Å²) < 4.78 is 12.4. The molecule has 2 nitrogen and oxygen atoms in total. The molecule has 1 fully saturated rings. The van der Waals surface area contributed by atoms with Gasteiger partial charge in [-0.05, 0) is 27.4 Å². The molecule has 1 aliphatic rings. The second kappa shape index (κ2) is 4.88. The summed E-state index contributed by atoms with van der Waals surface area (Å²) in [5.74, 6) is 1.67. The lowest BCUT2D eigenvalue weighted by Crippen LogP contribution is -2.36. The number of rotatable bonds is 2. The first-order chi connectivity index (χ1) is 6.75. The average Bonchev–Trinajstić information content (AvgIpc) is 2.56. The van der Waals surface area contributed by atoms with Crippen molar-refractivity contribution >= 4 is 38.1 Å². The van der Waals surface area contributed by atoms with E-state index in [2.05, 4.69) is 32.3 Å². The van der Waals surface area contributed by atoms with Gasteiger partial charge in [-0.1, -0.05) is 0 Å². The summed E-state index contributed by atoms with van der Waals surface area (Å²) in [7, 11) is -0.565. The molecule has 0 spiro atoms. The van der Waals surface area contributed by atoms with E-state index in [0.29, 0.717) is 0 Å². The monoisotopic (exact) mass is 293 g/mol. The predicted octanol–water partition coefficient (Wildman–Crippen LogP) is 2.07. The first-order valence-corrected chi connectivity index (χ1v) is 7.71. The molecule has 2 heterocycles. The molecule has 0 amide bonds. The Hall–Kier alpha value is 0.290. The fourth-order valence-electron chi connectivity index (χ4n) is 1.47. The molecule has 0 N–H and O–H groups in total. The molecule has 1 aliphatic heterocycles. The highest BCUT2D eigenvalue weighted by atomic mass is 79.9. The van der Waals surface area contributed by atoms with E-state index in [9.17, 15) is 4.21 Å². The Labute approximate surface area is 98.9 Å². The van der Waals surface area contributed by atoms with Crippen molar-refractivity contribution in [1.82, 2.24) is 4.90 Å². The zero-order valence-electron chi connectivity index (χ0n) is 7.74. The van der Waals surface area contributed by atoms with Gasteiger partial charge in [0.15, 0.2) is 0 Å². The summed E-state index contributed by atoms with van der Waals surface area (Å²) in [6.45, 7) is 2.93. The first-order valence-electron chi connectivity index (χ1n) is 4.55. The van der Waals surface area contributed by atoms with Gasteiger partial charge in [0.05, 0.1) is 0 Å². The molecule has 0 atom stereocenters. The van der Waals surface area contributed by atoms with Crippen molar-refractivity contribution in [1.29, 1.82) is 0 Å². The summed E-state index contributed by atoms with van der Waals surface area (Å²) in [6, 6.07) is 2.09. The van der Waals surface area contributed by atoms with Crippen molar-refractivity contribution in [2.75, 3.05) is 24.6 Å². The molecule has 0 aliphatic carbocycles. The van der Waals surface area contributed by atoms with Crippen molar-refractivity contribution in [2.45, 2.75) is 6.54 Å². The molecule has 5 heteroatoms. The maximum atomic E-state index is 11.2. The van der Waals surface area contributed by atoms with Crippen LogP contribution in [-0.4, -0.2) is 33.7 Å². The maximum Gasteiger partial charge on any atom is 0.0363 e. The van der Waals surface area contributed by atoms with E-state index >= 15 is 0 Å². The summed E-state index contributed by atoms with van der Waals surface area (Å²) in [5.41, 5.74) is 0. The van der Waals surface area contributed by atoms with Crippen LogP contribution < -0.4 is 0 Å². The fourth-order valence-corrected chi connectivity index (χ4v) is 4.12. The molecule has 1 aromatic heterocycles. The quantitative estimate of drug-likeness (QED) is 0.832. The number of hydrogen-bond donors (Lipinski definition) is 0. The highest BCUT2D eigenvalue weighted by Crippen LogP contribution is 2.24. The molecule has 0 aromatic carbocycles. The zero-order chi connectivity index (χ0) is 9.97. The van der Waals surface area contributed by atoms with E-state index in [0.717, 1.165) is 31.1 Å². The van der Waals surface area contributed by atoms with Gasteiger partial charge in [-0.3, -0.25) is 9.11 Å². The van der Waals surface area contributed by atoms with Crippen LogP contribution in [0.4, 0.5) is 0 Å². The molecule has 14 heavy (non-hydrogen) atoms. The van der Waals surface area contributed by atoms with E-state index in [1.54, 1.807) is 11.3 Å². The Balaban J connectivity index is 1.92. The van der Waals surface area contributed by atoms with Crippen molar-refractivity contribution in [3.8, 4) is 0 Å². The van der Waals surface area contributed by atoms with Gasteiger partial charge in [-0.2, -0.15) is 0 Å². The first kappa shape index (κ1) is 10.8.